The summed E-state index contributed by atoms with van der Waals surface area (Å²) in [6.07, 6.45) is 4.04. The molecule has 0 aliphatic carbocycles. The van der Waals surface area contributed by atoms with Crippen molar-refractivity contribution in [1.82, 2.24) is 25.1 Å². The van der Waals surface area contributed by atoms with Crippen LogP contribution in [0.15, 0.2) is 18.3 Å². The summed E-state index contributed by atoms with van der Waals surface area (Å²) in [5, 5.41) is 13.9. The molecule has 3 rings (SSSR count). The molecule has 0 aromatic carbocycles. The van der Waals surface area contributed by atoms with Crippen LogP contribution in [-0.4, -0.2) is 38.7 Å². The molecule has 1 aliphatic rings. The Bertz CT molecular complexity index is 648. The minimum absolute atomic E-state index is 0.231. The minimum atomic E-state index is -0.231. The second-order valence-corrected chi connectivity index (χ2v) is 5.21. The van der Waals surface area contributed by atoms with Crippen LogP contribution >= 0.6 is 0 Å². The summed E-state index contributed by atoms with van der Waals surface area (Å²) in [7, 11) is 1.57. The van der Waals surface area contributed by atoms with E-state index in [4.69, 9.17) is 0 Å². The third-order valence-corrected chi connectivity index (χ3v) is 3.59. The van der Waals surface area contributed by atoms with Crippen molar-refractivity contribution in [3.05, 3.63) is 35.5 Å². The van der Waals surface area contributed by atoms with Crippen molar-refractivity contribution in [3.63, 3.8) is 0 Å². The van der Waals surface area contributed by atoms with Crippen LogP contribution in [-0.2, 0) is 13.0 Å². The Hall–Kier alpha value is -2.44. The van der Waals surface area contributed by atoms with Gasteiger partial charge in [0.1, 0.15) is 11.6 Å². The van der Waals surface area contributed by atoms with Crippen LogP contribution in [0.4, 0.5) is 5.82 Å². The molecular formula is C14H18N6O. The normalized spacial score (nSPS) is 17.1. The topological polar surface area (TPSA) is 84.7 Å². The smallest absolute Gasteiger partial charge is 0.271 e. The number of rotatable bonds is 3. The number of carbonyl (C=O) groups is 1. The zero-order valence-electron chi connectivity index (χ0n) is 12.1. The van der Waals surface area contributed by atoms with Gasteiger partial charge in [-0.05, 0) is 25.5 Å². The Kier molecular flexibility index (Phi) is 3.55. The van der Waals surface area contributed by atoms with E-state index < -0.39 is 0 Å². The molecule has 2 aromatic heterocycles. The lowest BCUT2D eigenvalue weighted by Gasteiger charge is -2.24. The Labute approximate surface area is 122 Å². The molecule has 0 spiro atoms. The maximum Gasteiger partial charge on any atom is 0.271 e. The number of aromatic nitrogens is 4. The monoisotopic (exact) mass is 286 g/mol. The molecule has 1 aliphatic heterocycles. The first-order chi connectivity index (χ1) is 10.2. The summed E-state index contributed by atoms with van der Waals surface area (Å²) in [5.74, 6) is 1.60. The van der Waals surface area contributed by atoms with Gasteiger partial charge in [0.2, 0.25) is 0 Å². The van der Waals surface area contributed by atoms with E-state index in [0.717, 1.165) is 30.9 Å². The maximum atomic E-state index is 11.4. The fourth-order valence-corrected chi connectivity index (χ4v) is 2.57. The highest BCUT2D eigenvalue weighted by molar-refractivity contribution is 5.91. The van der Waals surface area contributed by atoms with E-state index in [2.05, 4.69) is 36.6 Å². The van der Waals surface area contributed by atoms with E-state index in [1.807, 2.05) is 6.92 Å². The SMILES string of the molecule is CNC(=O)c1ccc(NC2CCc3nc(C)cn3C2)nn1. The van der Waals surface area contributed by atoms with Crippen molar-refractivity contribution in [2.45, 2.75) is 32.4 Å². The van der Waals surface area contributed by atoms with Crippen LogP contribution in [0.5, 0.6) is 0 Å². The van der Waals surface area contributed by atoms with Gasteiger partial charge in [-0.3, -0.25) is 4.79 Å². The highest BCUT2D eigenvalue weighted by atomic mass is 16.1. The first-order valence-electron chi connectivity index (χ1n) is 7.00. The van der Waals surface area contributed by atoms with Gasteiger partial charge in [0.05, 0.1) is 5.69 Å². The number of imidazole rings is 1. The molecule has 2 aromatic rings. The van der Waals surface area contributed by atoms with Gasteiger partial charge in [-0.2, -0.15) is 0 Å². The minimum Gasteiger partial charge on any atom is -0.364 e. The van der Waals surface area contributed by atoms with E-state index in [0.29, 0.717) is 17.6 Å². The lowest BCUT2D eigenvalue weighted by atomic mass is 10.1. The molecule has 7 nitrogen and oxygen atoms in total. The number of nitrogens with one attached hydrogen (secondary N) is 2. The largest absolute Gasteiger partial charge is 0.364 e. The number of fused-ring (bicyclic) bond motifs is 1. The average Bonchev–Trinajstić information content (AvgIpc) is 2.86. The van der Waals surface area contributed by atoms with E-state index in [9.17, 15) is 4.79 Å². The van der Waals surface area contributed by atoms with E-state index in [1.54, 1.807) is 19.2 Å². The third-order valence-electron chi connectivity index (χ3n) is 3.59. The van der Waals surface area contributed by atoms with Crippen LogP contribution in [0.2, 0.25) is 0 Å². The zero-order valence-corrected chi connectivity index (χ0v) is 12.1. The average molecular weight is 286 g/mol. The van der Waals surface area contributed by atoms with Crippen LogP contribution in [0.25, 0.3) is 0 Å². The van der Waals surface area contributed by atoms with Crippen LogP contribution in [0.3, 0.4) is 0 Å². The fourth-order valence-electron chi connectivity index (χ4n) is 2.57. The summed E-state index contributed by atoms with van der Waals surface area (Å²) in [4.78, 5) is 15.9. The van der Waals surface area contributed by atoms with E-state index in [1.165, 1.54) is 0 Å². The highest BCUT2D eigenvalue weighted by Crippen LogP contribution is 2.17. The van der Waals surface area contributed by atoms with E-state index in [-0.39, 0.29) is 5.91 Å². The van der Waals surface area contributed by atoms with Crippen molar-refractivity contribution in [1.29, 1.82) is 0 Å². The zero-order chi connectivity index (χ0) is 14.8. The van der Waals surface area contributed by atoms with Gasteiger partial charge in [0.15, 0.2) is 5.69 Å². The Morgan fingerprint density at radius 3 is 2.95 bits per heavy atom. The van der Waals surface area contributed by atoms with Gasteiger partial charge in [-0.25, -0.2) is 4.98 Å². The standard InChI is InChI=1S/C14H18N6O/c1-9-7-20-8-10(3-6-13(20)16-9)17-12-5-4-11(18-19-12)14(21)15-2/h4-5,7,10H,3,6,8H2,1-2H3,(H,15,21)(H,17,19). The summed E-state index contributed by atoms with van der Waals surface area (Å²) in [6, 6.07) is 3.75. The molecule has 2 N–H and O–H groups in total. The molecule has 0 bridgehead atoms. The summed E-state index contributed by atoms with van der Waals surface area (Å²) in [6.45, 7) is 2.88. The molecule has 1 unspecified atom stereocenters. The number of hydrogen-bond donors (Lipinski definition) is 2. The molecule has 0 radical (unpaired) electrons. The number of carbonyl (C=O) groups excluding carboxylic acids is 1. The quantitative estimate of drug-likeness (QED) is 0.870. The predicted octanol–water partition coefficient (Wildman–Crippen LogP) is 0.768. The third kappa shape index (κ3) is 2.86. The number of aryl methyl sites for hydroxylation is 2. The number of nitrogens with zero attached hydrogens (tertiary/aromatic N) is 4. The highest BCUT2D eigenvalue weighted by Gasteiger charge is 2.20. The summed E-state index contributed by atoms with van der Waals surface area (Å²) < 4.78 is 2.18. The molecule has 7 heteroatoms. The van der Waals surface area contributed by atoms with Gasteiger partial charge >= 0.3 is 0 Å². The van der Waals surface area contributed by atoms with Crippen LogP contribution in [0, 0.1) is 6.92 Å². The molecule has 110 valence electrons. The first kappa shape index (κ1) is 13.5. The van der Waals surface area contributed by atoms with Gasteiger partial charge in [0.25, 0.3) is 5.91 Å². The van der Waals surface area contributed by atoms with Crippen LogP contribution < -0.4 is 10.6 Å². The van der Waals surface area contributed by atoms with Gasteiger partial charge < -0.3 is 15.2 Å². The second kappa shape index (κ2) is 5.51. The lowest BCUT2D eigenvalue weighted by Crippen LogP contribution is -2.31. The number of hydrogen-bond acceptors (Lipinski definition) is 5. The first-order valence-corrected chi connectivity index (χ1v) is 7.00. The predicted molar refractivity (Wildman–Crippen MR) is 78.1 cm³/mol. The van der Waals surface area contributed by atoms with Gasteiger partial charge in [-0.15, -0.1) is 10.2 Å². The van der Waals surface area contributed by atoms with Crippen molar-refractivity contribution in [3.8, 4) is 0 Å². The van der Waals surface area contributed by atoms with E-state index >= 15 is 0 Å². The fraction of sp³-hybridized carbons (Fsp3) is 0.429. The molecule has 0 saturated heterocycles. The maximum absolute atomic E-state index is 11.4. The summed E-state index contributed by atoms with van der Waals surface area (Å²) >= 11 is 0. The van der Waals surface area contributed by atoms with Gasteiger partial charge in [0, 0.05) is 32.3 Å². The second-order valence-electron chi connectivity index (χ2n) is 5.21. The lowest BCUT2D eigenvalue weighted by molar-refractivity contribution is 0.0957. The molecule has 1 amide bonds. The van der Waals surface area contributed by atoms with Gasteiger partial charge in [-0.1, -0.05) is 0 Å². The summed E-state index contributed by atoms with van der Waals surface area (Å²) in [5.41, 5.74) is 1.37. The Morgan fingerprint density at radius 2 is 2.24 bits per heavy atom. The molecular weight excluding hydrogens is 268 g/mol. The van der Waals surface area contributed by atoms with Crippen molar-refractivity contribution >= 4 is 11.7 Å². The van der Waals surface area contributed by atoms with Crippen molar-refractivity contribution in [2.75, 3.05) is 12.4 Å². The molecule has 21 heavy (non-hydrogen) atoms. The molecule has 0 fully saturated rings. The number of anilines is 1. The molecule has 1 atom stereocenters. The number of amides is 1. The molecule has 0 saturated carbocycles. The van der Waals surface area contributed by atoms with Crippen molar-refractivity contribution in [2.24, 2.45) is 0 Å². The Balaban J connectivity index is 1.66. The Morgan fingerprint density at radius 1 is 1.38 bits per heavy atom. The van der Waals surface area contributed by atoms with Crippen molar-refractivity contribution < 1.29 is 4.79 Å². The molecule has 3 heterocycles. The van der Waals surface area contributed by atoms with Crippen LogP contribution in [0.1, 0.15) is 28.4 Å².